The third-order valence-electron chi connectivity index (χ3n) is 3.35. The standard InChI is InChI=1S/C10H16N2O5S/c13-8(14)10(2-3-10)11-9(15)12-4-1-6-18(16,17)7-5-12/h1-7H2,(H,11,15)(H,13,14). The lowest BCUT2D eigenvalue weighted by atomic mass is 10.3. The zero-order chi connectivity index (χ0) is 13.4. The molecule has 1 aliphatic heterocycles. The summed E-state index contributed by atoms with van der Waals surface area (Å²) >= 11 is 0. The maximum absolute atomic E-state index is 11.9. The second-order valence-corrected chi connectivity index (χ2v) is 7.11. The van der Waals surface area contributed by atoms with Crippen molar-refractivity contribution in [2.75, 3.05) is 24.6 Å². The second-order valence-electron chi connectivity index (χ2n) is 4.81. The summed E-state index contributed by atoms with van der Waals surface area (Å²) in [4.78, 5) is 24.2. The highest BCUT2D eigenvalue weighted by Gasteiger charge is 2.52. The predicted molar refractivity (Wildman–Crippen MR) is 63.0 cm³/mol. The van der Waals surface area contributed by atoms with Crippen LogP contribution < -0.4 is 5.32 Å². The number of aliphatic carboxylic acids is 1. The van der Waals surface area contributed by atoms with E-state index in [2.05, 4.69) is 5.32 Å². The summed E-state index contributed by atoms with van der Waals surface area (Å²) in [6.07, 6.45) is 1.26. The summed E-state index contributed by atoms with van der Waals surface area (Å²) in [6.45, 7) is 0.477. The molecule has 2 N–H and O–H groups in total. The number of nitrogens with one attached hydrogen (secondary N) is 1. The van der Waals surface area contributed by atoms with Gasteiger partial charge in [-0.05, 0) is 19.3 Å². The smallest absolute Gasteiger partial charge is 0.329 e. The summed E-state index contributed by atoms with van der Waals surface area (Å²) < 4.78 is 22.8. The lowest BCUT2D eigenvalue weighted by molar-refractivity contribution is -0.140. The molecule has 8 heteroatoms. The molecule has 2 amide bonds. The molecule has 1 heterocycles. The van der Waals surface area contributed by atoms with Gasteiger partial charge in [-0.1, -0.05) is 0 Å². The molecular formula is C10H16N2O5S. The third-order valence-corrected chi connectivity index (χ3v) is 5.06. The largest absolute Gasteiger partial charge is 0.480 e. The van der Waals surface area contributed by atoms with Gasteiger partial charge >= 0.3 is 12.0 Å². The van der Waals surface area contributed by atoms with Gasteiger partial charge < -0.3 is 15.3 Å². The van der Waals surface area contributed by atoms with Gasteiger partial charge in [-0.2, -0.15) is 0 Å². The van der Waals surface area contributed by atoms with Gasteiger partial charge in [-0.15, -0.1) is 0 Å². The van der Waals surface area contributed by atoms with E-state index in [0.29, 0.717) is 25.8 Å². The molecular weight excluding hydrogens is 260 g/mol. The first-order chi connectivity index (χ1) is 8.35. The average Bonchev–Trinajstić information content (AvgIpc) is 3.04. The Hall–Kier alpha value is -1.31. The minimum atomic E-state index is -3.07. The molecule has 102 valence electrons. The summed E-state index contributed by atoms with van der Waals surface area (Å²) in [6, 6.07) is -0.480. The second kappa shape index (κ2) is 4.42. The van der Waals surface area contributed by atoms with Crippen molar-refractivity contribution in [1.29, 1.82) is 0 Å². The molecule has 0 aromatic rings. The molecule has 0 radical (unpaired) electrons. The predicted octanol–water partition coefficient (Wildman–Crippen LogP) is -0.566. The fourth-order valence-electron chi connectivity index (χ4n) is 1.94. The molecule has 7 nitrogen and oxygen atoms in total. The van der Waals surface area contributed by atoms with Crippen LogP contribution in [0.4, 0.5) is 4.79 Å². The minimum absolute atomic E-state index is 0.0551. The maximum atomic E-state index is 11.9. The SMILES string of the molecule is O=C(NC1(C(=O)O)CC1)N1CCCS(=O)(=O)CC1. The van der Waals surface area contributed by atoms with E-state index < -0.39 is 27.4 Å². The van der Waals surface area contributed by atoms with Gasteiger partial charge in [0.15, 0.2) is 9.84 Å². The third kappa shape index (κ3) is 2.74. The number of carbonyl (C=O) groups is 2. The molecule has 0 bridgehead atoms. The Bertz CT molecular complexity index is 469. The quantitative estimate of drug-likeness (QED) is 0.703. The highest BCUT2D eigenvalue weighted by atomic mass is 32.2. The molecule has 18 heavy (non-hydrogen) atoms. The Morgan fingerprint density at radius 1 is 1.17 bits per heavy atom. The zero-order valence-electron chi connectivity index (χ0n) is 9.89. The highest BCUT2D eigenvalue weighted by Crippen LogP contribution is 2.35. The van der Waals surface area contributed by atoms with Crippen LogP contribution in [0.5, 0.6) is 0 Å². The van der Waals surface area contributed by atoms with E-state index in [1.165, 1.54) is 4.90 Å². The van der Waals surface area contributed by atoms with Crippen molar-refractivity contribution in [3.63, 3.8) is 0 Å². The molecule has 2 fully saturated rings. The molecule has 1 saturated carbocycles. The van der Waals surface area contributed by atoms with Crippen LogP contribution in [0.15, 0.2) is 0 Å². The lowest BCUT2D eigenvalue weighted by Gasteiger charge is -2.22. The van der Waals surface area contributed by atoms with Crippen molar-refractivity contribution in [3.8, 4) is 0 Å². The van der Waals surface area contributed by atoms with Crippen molar-refractivity contribution < 1.29 is 23.1 Å². The van der Waals surface area contributed by atoms with Crippen LogP contribution in [0, 0.1) is 0 Å². The van der Waals surface area contributed by atoms with Crippen LogP contribution in [0.25, 0.3) is 0 Å². The molecule has 0 spiro atoms. The number of rotatable bonds is 2. The van der Waals surface area contributed by atoms with Crippen LogP contribution in [0.1, 0.15) is 19.3 Å². The van der Waals surface area contributed by atoms with E-state index in [-0.39, 0.29) is 18.1 Å². The molecule has 0 unspecified atom stereocenters. The van der Waals surface area contributed by atoms with Gasteiger partial charge in [0.05, 0.1) is 11.5 Å². The maximum Gasteiger partial charge on any atom is 0.329 e. The van der Waals surface area contributed by atoms with E-state index in [1.54, 1.807) is 0 Å². The first kappa shape index (κ1) is 13.1. The number of carbonyl (C=O) groups excluding carboxylic acids is 1. The fourth-order valence-corrected chi connectivity index (χ4v) is 3.21. The van der Waals surface area contributed by atoms with E-state index in [9.17, 15) is 18.0 Å². The summed E-state index contributed by atoms with van der Waals surface area (Å²) in [7, 11) is -3.07. The van der Waals surface area contributed by atoms with Gasteiger partial charge in [0.2, 0.25) is 0 Å². The Labute approximate surface area is 105 Å². The summed E-state index contributed by atoms with van der Waals surface area (Å²) in [5, 5.41) is 11.4. The van der Waals surface area contributed by atoms with Crippen LogP contribution in [0.3, 0.4) is 0 Å². The van der Waals surface area contributed by atoms with Gasteiger partial charge in [-0.25, -0.2) is 18.0 Å². The summed E-state index contributed by atoms with van der Waals surface area (Å²) in [5.41, 5.74) is -1.12. The Balaban J connectivity index is 1.96. The van der Waals surface area contributed by atoms with Crippen molar-refractivity contribution in [2.24, 2.45) is 0 Å². The highest BCUT2D eigenvalue weighted by molar-refractivity contribution is 7.91. The molecule has 1 aliphatic carbocycles. The first-order valence-corrected chi connectivity index (χ1v) is 7.68. The van der Waals surface area contributed by atoms with Gasteiger partial charge in [0.25, 0.3) is 0 Å². The van der Waals surface area contributed by atoms with Crippen LogP contribution in [0.2, 0.25) is 0 Å². The molecule has 2 rings (SSSR count). The average molecular weight is 276 g/mol. The number of carboxylic acid groups (broad SMARTS) is 1. The van der Waals surface area contributed by atoms with Gasteiger partial charge in [-0.3, -0.25) is 0 Å². The first-order valence-electron chi connectivity index (χ1n) is 5.86. The topological polar surface area (TPSA) is 104 Å². The lowest BCUT2D eigenvalue weighted by Crippen LogP contribution is -2.50. The Morgan fingerprint density at radius 2 is 1.83 bits per heavy atom. The number of hydrogen-bond donors (Lipinski definition) is 2. The summed E-state index contributed by atoms with van der Waals surface area (Å²) in [5.74, 6) is -1.00. The minimum Gasteiger partial charge on any atom is -0.480 e. The van der Waals surface area contributed by atoms with Crippen LogP contribution in [-0.4, -0.2) is 60.6 Å². The Morgan fingerprint density at radius 3 is 2.39 bits per heavy atom. The van der Waals surface area contributed by atoms with Crippen molar-refractivity contribution in [3.05, 3.63) is 0 Å². The van der Waals surface area contributed by atoms with Crippen molar-refractivity contribution in [1.82, 2.24) is 10.2 Å². The van der Waals surface area contributed by atoms with E-state index in [4.69, 9.17) is 5.11 Å². The number of nitrogens with zero attached hydrogens (tertiary/aromatic N) is 1. The normalized spacial score (nSPS) is 25.0. The molecule has 0 aromatic carbocycles. The zero-order valence-corrected chi connectivity index (χ0v) is 10.7. The van der Waals surface area contributed by atoms with Gasteiger partial charge in [0, 0.05) is 13.1 Å². The van der Waals surface area contributed by atoms with E-state index in [0.717, 1.165) is 0 Å². The van der Waals surface area contributed by atoms with E-state index >= 15 is 0 Å². The Kier molecular flexibility index (Phi) is 3.22. The van der Waals surface area contributed by atoms with Crippen LogP contribution >= 0.6 is 0 Å². The van der Waals surface area contributed by atoms with Crippen molar-refractivity contribution in [2.45, 2.75) is 24.8 Å². The van der Waals surface area contributed by atoms with Gasteiger partial charge in [0.1, 0.15) is 5.54 Å². The molecule has 2 aliphatic rings. The number of sulfone groups is 1. The molecule has 0 atom stereocenters. The number of urea groups is 1. The van der Waals surface area contributed by atoms with Crippen molar-refractivity contribution >= 4 is 21.8 Å². The number of hydrogen-bond acceptors (Lipinski definition) is 4. The monoisotopic (exact) mass is 276 g/mol. The molecule has 0 aromatic heterocycles. The van der Waals surface area contributed by atoms with E-state index in [1.807, 2.05) is 0 Å². The number of amides is 2. The number of carboxylic acids is 1. The fraction of sp³-hybridized carbons (Fsp3) is 0.800. The van der Waals surface area contributed by atoms with Crippen LogP contribution in [-0.2, 0) is 14.6 Å². The molecule has 1 saturated heterocycles.